The minimum atomic E-state index is -4.10. The van der Waals surface area contributed by atoms with E-state index >= 15 is 0 Å². The van der Waals surface area contributed by atoms with Gasteiger partial charge in [-0.05, 0) is 18.1 Å². The van der Waals surface area contributed by atoms with Gasteiger partial charge in [0.2, 0.25) is 0 Å². The highest BCUT2D eigenvalue weighted by Crippen LogP contribution is 2.18. The lowest BCUT2D eigenvalue weighted by atomic mass is 10.1. The number of hydrogen-bond donors (Lipinski definition) is 1. The fourth-order valence-corrected chi connectivity index (χ4v) is 2.46. The van der Waals surface area contributed by atoms with Crippen LogP contribution in [0.4, 0.5) is 18.9 Å². The molecular formula is C14H20F3N3. The number of para-hydroxylation sites is 1. The molecule has 20 heavy (non-hydrogen) atoms. The standard InChI is InChI=1S/C14H20F3N3/c15-14(16,17)11-20-9-7-19(8-10-20)6-5-12-3-1-2-4-13(12)18/h1-4H,5-11,18H2. The summed E-state index contributed by atoms with van der Waals surface area (Å²) in [5.74, 6) is 0. The van der Waals surface area contributed by atoms with Crippen LogP contribution in [-0.2, 0) is 6.42 Å². The van der Waals surface area contributed by atoms with Crippen LogP contribution in [0.25, 0.3) is 0 Å². The van der Waals surface area contributed by atoms with Crippen molar-refractivity contribution in [3.05, 3.63) is 29.8 Å². The summed E-state index contributed by atoms with van der Waals surface area (Å²) < 4.78 is 36.8. The van der Waals surface area contributed by atoms with Gasteiger partial charge in [-0.2, -0.15) is 13.2 Å². The first kappa shape index (κ1) is 15.1. The maximum Gasteiger partial charge on any atom is 0.401 e. The molecular weight excluding hydrogens is 267 g/mol. The molecule has 0 bridgehead atoms. The smallest absolute Gasteiger partial charge is 0.399 e. The molecule has 0 unspecified atom stereocenters. The van der Waals surface area contributed by atoms with Gasteiger partial charge in [-0.1, -0.05) is 18.2 Å². The second kappa shape index (κ2) is 6.45. The molecule has 1 aliphatic rings. The Labute approximate surface area is 117 Å². The topological polar surface area (TPSA) is 32.5 Å². The fraction of sp³-hybridized carbons (Fsp3) is 0.571. The third kappa shape index (κ3) is 4.68. The second-order valence-electron chi connectivity index (χ2n) is 5.18. The van der Waals surface area contributed by atoms with Crippen LogP contribution in [-0.4, -0.2) is 55.2 Å². The number of nitrogens with two attached hydrogens (primary N) is 1. The van der Waals surface area contributed by atoms with Gasteiger partial charge in [-0.3, -0.25) is 4.90 Å². The first-order valence-corrected chi connectivity index (χ1v) is 6.79. The molecule has 0 aromatic heterocycles. The maximum absolute atomic E-state index is 12.3. The lowest BCUT2D eigenvalue weighted by molar-refractivity contribution is -0.149. The van der Waals surface area contributed by atoms with Gasteiger partial charge in [0.25, 0.3) is 0 Å². The van der Waals surface area contributed by atoms with E-state index in [4.69, 9.17) is 5.73 Å². The summed E-state index contributed by atoms with van der Waals surface area (Å²) in [5.41, 5.74) is 7.76. The zero-order valence-electron chi connectivity index (χ0n) is 11.4. The van der Waals surface area contributed by atoms with E-state index in [2.05, 4.69) is 4.90 Å². The Kier molecular flexibility index (Phi) is 4.88. The maximum atomic E-state index is 12.3. The third-order valence-corrected chi connectivity index (χ3v) is 3.62. The van der Waals surface area contributed by atoms with Crippen molar-refractivity contribution in [2.75, 3.05) is 45.0 Å². The Hall–Kier alpha value is -1.27. The minimum Gasteiger partial charge on any atom is -0.399 e. The van der Waals surface area contributed by atoms with Crippen LogP contribution in [0.3, 0.4) is 0 Å². The SMILES string of the molecule is Nc1ccccc1CCN1CCN(CC(F)(F)F)CC1. The third-order valence-electron chi connectivity index (χ3n) is 3.62. The molecule has 6 heteroatoms. The van der Waals surface area contributed by atoms with Crippen LogP contribution in [0.2, 0.25) is 0 Å². The normalized spacial score (nSPS) is 18.4. The number of anilines is 1. The molecule has 0 aliphatic carbocycles. The van der Waals surface area contributed by atoms with Crippen LogP contribution in [0.1, 0.15) is 5.56 Å². The summed E-state index contributed by atoms with van der Waals surface area (Å²) in [6.07, 6.45) is -3.26. The van der Waals surface area contributed by atoms with Crippen molar-refractivity contribution in [1.29, 1.82) is 0 Å². The second-order valence-corrected chi connectivity index (χ2v) is 5.18. The van der Waals surface area contributed by atoms with Crippen molar-refractivity contribution in [2.45, 2.75) is 12.6 Å². The van der Waals surface area contributed by atoms with Crippen LogP contribution < -0.4 is 5.73 Å². The van der Waals surface area contributed by atoms with E-state index in [9.17, 15) is 13.2 Å². The zero-order valence-corrected chi connectivity index (χ0v) is 11.4. The number of nitrogen functional groups attached to an aromatic ring is 1. The largest absolute Gasteiger partial charge is 0.401 e. The van der Waals surface area contributed by atoms with Crippen molar-refractivity contribution in [2.24, 2.45) is 0 Å². The van der Waals surface area contributed by atoms with Crippen molar-refractivity contribution in [3.8, 4) is 0 Å². The van der Waals surface area contributed by atoms with Crippen LogP contribution in [0.5, 0.6) is 0 Å². The molecule has 1 aromatic carbocycles. The van der Waals surface area contributed by atoms with E-state index in [1.54, 1.807) is 0 Å². The van der Waals surface area contributed by atoms with Crippen LogP contribution in [0.15, 0.2) is 24.3 Å². The number of benzene rings is 1. The number of alkyl halides is 3. The van der Waals surface area contributed by atoms with E-state index in [0.717, 1.165) is 24.2 Å². The van der Waals surface area contributed by atoms with Gasteiger partial charge in [0.15, 0.2) is 0 Å². The zero-order chi connectivity index (χ0) is 14.6. The predicted molar refractivity (Wildman–Crippen MR) is 73.5 cm³/mol. The highest BCUT2D eigenvalue weighted by molar-refractivity contribution is 5.46. The average Bonchev–Trinajstić information content (AvgIpc) is 2.38. The lowest BCUT2D eigenvalue weighted by Gasteiger charge is -2.35. The molecule has 1 heterocycles. The lowest BCUT2D eigenvalue weighted by Crippen LogP contribution is -2.49. The summed E-state index contributed by atoms with van der Waals surface area (Å²) >= 11 is 0. The van der Waals surface area contributed by atoms with Crippen molar-refractivity contribution in [3.63, 3.8) is 0 Å². The van der Waals surface area contributed by atoms with Gasteiger partial charge < -0.3 is 10.6 Å². The van der Waals surface area contributed by atoms with E-state index < -0.39 is 12.7 Å². The van der Waals surface area contributed by atoms with Gasteiger partial charge in [0, 0.05) is 38.4 Å². The summed E-state index contributed by atoms with van der Waals surface area (Å²) in [6.45, 7) is 2.36. The number of rotatable bonds is 4. The quantitative estimate of drug-likeness (QED) is 0.860. The number of hydrogen-bond acceptors (Lipinski definition) is 3. The predicted octanol–water partition coefficient (Wildman–Crippen LogP) is 1.99. The van der Waals surface area contributed by atoms with Crippen molar-refractivity contribution < 1.29 is 13.2 Å². The molecule has 2 N–H and O–H groups in total. The molecule has 3 nitrogen and oxygen atoms in total. The van der Waals surface area contributed by atoms with Crippen molar-refractivity contribution >= 4 is 5.69 Å². The van der Waals surface area contributed by atoms with Gasteiger partial charge in [-0.15, -0.1) is 0 Å². The molecule has 0 saturated carbocycles. The Morgan fingerprint density at radius 2 is 1.60 bits per heavy atom. The minimum absolute atomic E-state index is 0.476. The van der Waals surface area contributed by atoms with Crippen molar-refractivity contribution in [1.82, 2.24) is 9.80 Å². The number of halogens is 3. The van der Waals surface area contributed by atoms with E-state index in [-0.39, 0.29) is 0 Å². The summed E-state index contributed by atoms with van der Waals surface area (Å²) in [7, 11) is 0. The Morgan fingerprint density at radius 3 is 2.20 bits per heavy atom. The molecule has 0 amide bonds. The van der Waals surface area contributed by atoms with Gasteiger partial charge in [0.1, 0.15) is 0 Å². The molecule has 1 fully saturated rings. The molecule has 1 saturated heterocycles. The summed E-state index contributed by atoms with van der Waals surface area (Å²) in [6, 6.07) is 7.72. The Balaban J connectivity index is 1.74. The highest BCUT2D eigenvalue weighted by Gasteiger charge is 2.31. The molecule has 1 aromatic rings. The van der Waals surface area contributed by atoms with Gasteiger partial charge in [0.05, 0.1) is 6.54 Å². The van der Waals surface area contributed by atoms with E-state index in [1.807, 2.05) is 24.3 Å². The first-order chi connectivity index (χ1) is 9.44. The Morgan fingerprint density at radius 1 is 1.00 bits per heavy atom. The van der Waals surface area contributed by atoms with Gasteiger partial charge >= 0.3 is 6.18 Å². The molecule has 0 atom stereocenters. The molecule has 1 aliphatic heterocycles. The first-order valence-electron chi connectivity index (χ1n) is 6.79. The van der Waals surface area contributed by atoms with Crippen LogP contribution in [0, 0.1) is 0 Å². The summed E-state index contributed by atoms with van der Waals surface area (Å²) in [4.78, 5) is 3.66. The highest BCUT2D eigenvalue weighted by atomic mass is 19.4. The van der Waals surface area contributed by atoms with Crippen LogP contribution >= 0.6 is 0 Å². The fourth-order valence-electron chi connectivity index (χ4n) is 2.46. The number of nitrogens with zero attached hydrogens (tertiary/aromatic N) is 2. The Bertz CT molecular complexity index is 426. The molecule has 112 valence electrons. The molecule has 0 spiro atoms. The summed E-state index contributed by atoms with van der Waals surface area (Å²) in [5, 5.41) is 0. The van der Waals surface area contributed by atoms with E-state index in [0.29, 0.717) is 26.2 Å². The number of piperazine rings is 1. The monoisotopic (exact) mass is 287 g/mol. The molecule has 0 radical (unpaired) electrons. The molecule has 2 rings (SSSR count). The van der Waals surface area contributed by atoms with Gasteiger partial charge in [-0.25, -0.2) is 0 Å². The van der Waals surface area contributed by atoms with E-state index in [1.165, 1.54) is 4.90 Å². The average molecular weight is 287 g/mol.